The molecule has 0 radical (unpaired) electrons. The molecule has 1 saturated heterocycles. The minimum Gasteiger partial charge on any atom is -0.371 e. The third-order valence-corrected chi connectivity index (χ3v) is 1.57. The highest BCUT2D eigenvalue weighted by Crippen LogP contribution is 2.20. The minimum atomic E-state index is -0.748. The summed E-state index contributed by atoms with van der Waals surface area (Å²) in [5.41, 5.74) is 0. The molecular formula is C6H11NO4. The van der Waals surface area contributed by atoms with Crippen LogP contribution in [-0.2, 0) is 9.57 Å². The standard InChI is InChI=1S/C6H11NO4/c1-2-3-5(6-4-10-6)11-7(8)9/h5-6H,2-4H2,1H3. The number of rotatable bonds is 5. The van der Waals surface area contributed by atoms with Crippen molar-refractivity contribution < 1.29 is 14.7 Å². The van der Waals surface area contributed by atoms with Crippen LogP contribution in [0.1, 0.15) is 19.8 Å². The summed E-state index contributed by atoms with van der Waals surface area (Å²) in [7, 11) is 0. The van der Waals surface area contributed by atoms with Crippen LogP contribution in [0.3, 0.4) is 0 Å². The van der Waals surface area contributed by atoms with Crippen LogP contribution >= 0.6 is 0 Å². The zero-order valence-electron chi connectivity index (χ0n) is 6.36. The van der Waals surface area contributed by atoms with Gasteiger partial charge < -0.3 is 9.57 Å². The van der Waals surface area contributed by atoms with Gasteiger partial charge in [-0.25, -0.2) is 0 Å². The lowest BCUT2D eigenvalue weighted by atomic mass is 10.2. The summed E-state index contributed by atoms with van der Waals surface area (Å²) in [5, 5.41) is 9.20. The van der Waals surface area contributed by atoms with Crippen molar-refractivity contribution in [3.8, 4) is 0 Å². The maximum Gasteiger partial charge on any atom is 0.294 e. The predicted octanol–water partition coefficient (Wildman–Crippen LogP) is 0.762. The van der Waals surface area contributed by atoms with Gasteiger partial charge in [0.15, 0.2) is 0 Å². The van der Waals surface area contributed by atoms with E-state index in [1.807, 2.05) is 6.92 Å². The fourth-order valence-electron chi connectivity index (χ4n) is 0.972. The molecule has 0 spiro atoms. The van der Waals surface area contributed by atoms with E-state index in [9.17, 15) is 10.1 Å². The first kappa shape index (κ1) is 8.26. The molecule has 64 valence electrons. The summed E-state index contributed by atoms with van der Waals surface area (Å²) < 4.78 is 4.89. The second kappa shape index (κ2) is 3.52. The Morgan fingerprint density at radius 1 is 1.91 bits per heavy atom. The van der Waals surface area contributed by atoms with Gasteiger partial charge in [0, 0.05) is 0 Å². The molecule has 0 aromatic carbocycles. The molecule has 1 aliphatic rings. The van der Waals surface area contributed by atoms with Crippen LogP contribution in [0.5, 0.6) is 0 Å². The second-order valence-corrected chi connectivity index (χ2v) is 2.53. The van der Waals surface area contributed by atoms with Gasteiger partial charge in [-0.3, -0.25) is 0 Å². The van der Waals surface area contributed by atoms with Crippen molar-refractivity contribution in [2.24, 2.45) is 0 Å². The Labute approximate surface area is 64.4 Å². The Morgan fingerprint density at radius 3 is 2.91 bits per heavy atom. The first-order valence-electron chi connectivity index (χ1n) is 3.66. The molecule has 0 aromatic heterocycles. The first-order valence-corrected chi connectivity index (χ1v) is 3.66. The van der Waals surface area contributed by atoms with E-state index in [1.54, 1.807) is 0 Å². The highest BCUT2D eigenvalue weighted by Gasteiger charge is 2.34. The van der Waals surface area contributed by atoms with Crippen LogP contribution in [0.2, 0.25) is 0 Å². The Hall–Kier alpha value is -0.840. The van der Waals surface area contributed by atoms with Crippen molar-refractivity contribution in [1.29, 1.82) is 0 Å². The average Bonchev–Trinajstić information content (AvgIpc) is 2.66. The Kier molecular flexibility index (Phi) is 2.64. The minimum absolute atomic E-state index is 0.0413. The van der Waals surface area contributed by atoms with Crippen LogP contribution in [0.25, 0.3) is 0 Å². The van der Waals surface area contributed by atoms with Gasteiger partial charge in [-0.15, -0.1) is 10.1 Å². The van der Waals surface area contributed by atoms with Crippen LogP contribution in [-0.4, -0.2) is 23.9 Å². The molecule has 1 fully saturated rings. The van der Waals surface area contributed by atoms with Gasteiger partial charge in [-0.05, 0) is 6.42 Å². The summed E-state index contributed by atoms with van der Waals surface area (Å²) in [6, 6.07) is 0. The fourth-order valence-corrected chi connectivity index (χ4v) is 0.972. The van der Waals surface area contributed by atoms with Gasteiger partial charge in [0.25, 0.3) is 5.09 Å². The van der Waals surface area contributed by atoms with E-state index in [1.165, 1.54) is 0 Å². The van der Waals surface area contributed by atoms with E-state index in [4.69, 9.17) is 4.74 Å². The van der Waals surface area contributed by atoms with E-state index >= 15 is 0 Å². The number of hydrogen-bond acceptors (Lipinski definition) is 4. The summed E-state index contributed by atoms with van der Waals surface area (Å²) in [5.74, 6) is 0. The van der Waals surface area contributed by atoms with E-state index in [2.05, 4.69) is 4.84 Å². The summed E-state index contributed by atoms with van der Waals surface area (Å²) in [6.07, 6.45) is 1.17. The van der Waals surface area contributed by atoms with Crippen LogP contribution < -0.4 is 0 Å². The van der Waals surface area contributed by atoms with Gasteiger partial charge in [-0.2, -0.15) is 0 Å². The normalized spacial score (nSPS) is 24.3. The van der Waals surface area contributed by atoms with Gasteiger partial charge in [0.2, 0.25) is 0 Å². The van der Waals surface area contributed by atoms with Crippen molar-refractivity contribution in [3.63, 3.8) is 0 Å². The molecule has 1 aliphatic heterocycles. The van der Waals surface area contributed by atoms with Crippen molar-refractivity contribution in [3.05, 3.63) is 10.1 Å². The molecule has 0 saturated carbocycles. The van der Waals surface area contributed by atoms with Gasteiger partial charge >= 0.3 is 0 Å². The monoisotopic (exact) mass is 161 g/mol. The smallest absolute Gasteiger partial charge is 0.294 e. The summed E-state index contributed by atoms with van der Waals surface area (Å²) in [4.78, 5) is 14.4. The van der Waals surface area contributed by atoms with Crippen molar-refractivity contribution in [2.45, 2.75) is 32.0 Å². The van der Waals surface area contributed by atoms with Crippen LogP contribution in [0.4, 0.5) is 0 Å². The third-order valence-electron chi connectivity index (χ3n) is 1.57. The van der Waals surface area contributed by atoms with Crippen LogP contribution in [0.15, 0.2) is 0 Å². The molecular weight excluding hydrogens is 150 g/mol. The maximum atomic E-state index is 9.94. The van der Waals surface area contributed by atoms with E-state index in [-0.39, 0.29) is 12.2 Å². The van der Waals surface area contributed by atoms with E-state index in [0.29, 0.717) is 13.0 Å². The Morgan fingerprint density at radius 2 is 2.55 bits per heavy atom. The van der Waals surface area contributed by atoms with Crippen molar-refractivity contribution in [2.75, 3.05) is 6.61 Å². The molecule has 2 atom stereocenters. The van der Waals surface area contributed by atoms with Gasteiger partial charge in [-0.1, -0.05) is 13.3 Å². The molecule has 0 aromatic rings. The Bertz CT molecular complexity index is 146. The fraction of sp³-hybridized carbons (Fsp3) is 1.00. The SMILES string of the molecule is CCCC(O[N+](=O)[O-])C1CO1. The number of hydrogen-bond donors (Lipinski definition) is 0. The molecule has 2 unspecified atom stereocenters. The van der Waals surface area contributed by atoms with Crippen molar-refractivity contribution >= 4 is 0 Å². The molecule has 1 rings (SSSR count). The number of nitrogens with zero attached hydrogens (tertiary/aromatic N) is 1. The van der Waals surface area contributed by atoms with E-state index in [0.717, 1.165) is 6.42 Å². The highest BCUT2D eigenvalue weighted by atomic mass is 17.0. The predicted molar refractivity (Wildman–Crippen MR) is 36.5 cm³/mol. The largest absolute Gasteiger partial charge is 0.371 e. The molecule has 11 heavy (non-hydrogen) atoms. The highest BCUT2D eigenvalue weighted by molar-refractivity contribution is 4.78. The van der Waals surface area contributed by atoms with Gasteiger partial charge in [0.05, 0.1) is 6.61 Å². The number of ether oxygens (including phenoxy) is 1. The lowest BCUT2D eigenvalue weighted by Crippen LogP contribution is -2.22. The molecule has 5 nitrogen and oxygen atoms in total. The Balaban J connectivity index is 2.26. The average molecular weight is 161 g/mol. The maximum absolute atomic E-state index is 9.94. The van der Waals surface area contributed by atoms with Crippen LogP contribution in [0, 0.1) is 10.1 Å². The second-order valence-electron chi connectivity index (χ2n) is 2.53. The molecule has 0 aliphatic carbocycles. The third kappa shape index (κ3) is 2.71. The van der Waals surface area contributed by atoms with Gasteiger partial charge in [0.1, 0.15) is 12.2 Å². The molecule has 0 amide bonds. The van der Waals surface area contributed by atoms with Crippen molar-refractivity contribution in [1.82, 2.24) is 0 Å². The first-order chi connectivity index (χ1) is 5.24. The lowest BCUT2D eigenvalue weighted by Gasteiger charge is -2.09. The topological polar surface area (TPSA) is 64.9 Å². The number of epoxide rings is 1. The zero-order chi connectivity index (χ0) is 8.27. The summed E-state index contributed by atoms with van der Waals surface area (Å²) >= 11 is 0. The molecule has 1 heterocycles. The lowest BCUT2D eigenvalue weighted by molar-refractivity contribution is -0.769. The van der Waals surface area contributed by atoms with E-state index < -0.39 is 5.09 Å². The zero-order valence-corrected chi connectivity index (χ0v) is 6.36. The molecule has 0 N–H and O–H groups in total. The summed E-state index contributed by atoms with van der Waals surface area (Å²) in [6.45, 7) is 2.55. The molecule has 5 heteroatoms. The quantitative estimate of drug-likeness (QED) is 0.339. The molecule has 0 bridgehead atoms.